The summed E-state index contributed by atoms with van der Waals surface area (Å²) in [5.74, 6) is 0. The van der Waals surface area contributed by atoms with E-state index in [-0.39, 0.29) is 12.6 Å². The van der Waals surface area contributed by atoms with Gasteiger partial charge in [0.15, 0.2) is 0 Å². The average Bonchev–Trinajstić information content (AvgIpc) is 2.53. The Morgan fingerprint density at radius 1 is 1.10 bits per heavy atom. The van der Waals surface area contributed by atoms with Crippen LogP contribution in [0.25, 0.3) is 10.8 Å². The van der Waals surface area contributed by atoms with E-state index in [1.807, 2.05) is 0 Å². The summed E-state index contributed by atoms with van der Waals surface area (Å²) < 4.78 is 0. The molecule has 0 spiro atoms. The van der Waals surface area contributed by atoms with Crippen LogP contribution in [0.1, 0.15) is 24.8 Å². The molecule has 1 atom stereocenters. The summed E-state index contributed by atoms with van der Waals surface area (Å²) in [5.41, 5.74) is 8.26. The van der Waals surface area contributed by atoms with E-state index in [2.05, 4.69) is 41.3 Å². The number of nitrogens with two attached hydrogens (primary N) is 1. The Balaban J connectivity index is 2.11. The van der Waals surface area contributed by atoms with Gasteiger partial charge in [-0.15, -0.1) is 0 Å². The van der Waals surface area contributed by atoms with E-state index >= 15 is 0 Å². The first-order chi connectivity index (χ1) is 9.85. The van der Waals surface area contributed by atoms with E-state index in [0.717, 1.165) is 13.0 Å². The zero-order valence-corrected chi connectivity index (χ0v) is 11.8. The first-order valence-corrected chi connectivity index (χ1v) is 7.43. The summed E-state index contributed by atoms with van der Waals surface area (Å²) in [6, 6.07) is 13.0. The molecule has 0 amide bonds. The van der Waals surface area contributed by atoms with Crippen LogP contribution in [-0.4, -0.2) is 24.3 Å². The number of hydrogen-bond donors (Lipinski definition) is 2. The Labute approximate surface area is 120 Å². The molecular weight excluding hydrogens is 248 g/mol. The molecule has 2 aromatic carbocycles. The molecule has 0 saturated carbocycles. The second-order valence-corrected chi connectivity index (χ2v) is 5.52. The van der Waals surface area contributed by atoms with Crippen molar-refractivity contribution in [1.29, 1.82) is 0 Å². The number of anilines is 1. The zero-order valence-electron chi connectivity index (χ0n) is 11.8. The first-order valence-electron chi connectivity index (χ1n) is 7.43. The highest BCUT2D eigenvalue weighted by Gasteiger charge is 2.23. The molecule has 0 bridgehead atoms. The largest absolute Gasteiger partial charge is 0.394 e. The maximum absolute atomic E-state index is 9.63. The molecule has 1 fully saturated rings. The lowest BCUT2D eigenvalue weighted by atomic mass is 9.97. The number of nitrogens with zero attached hydrogens (tertiary/aromatic N) is 1. The minimum atomic E-state index is 0.229. The van der Waals surface area contributed by atoms with Crippen LogP contribution in [0, 0.1) is 0 Å². The van der Waals surface area contributed by atoms with E-state index in [9.17, 15) is 5.11 Å². The predicted molar refractivity (Wildman–Crippen MR) is 83.9 cm³/mol. The van der Waals surface area contributed by atoms with Crippen LogP contribution in [0.15, 0.2) is 36.4 Å². The summed E-state index contributed by atoms with van der Waals surface area (Å²) in [5, 5.41) is 12.1. The third-order valence-corrected chi connectivity index (χ3v) is 4.36. The Kier molecular flexibility index (Phi) is 3.90. The fourth-order valence-electron chi connectivity index (χ4n) is 3.28. The molecule has 3 rings (SSSR count). The van der Waals surface area contributed by atoms with Gasteiger partial charge in [-0.3, -0.25) is 0 Å². The highest BCUT2D eigenvalue weighted by molar-refractivity contribution is 5.96. The monoisotopic (exact) mass is 270 g/mol. The van der Waals surface area contributed by atoms with Crippen molar-refractivity contribution in [3.63, 3.8) is 0 Å². The van der Waals surface area contributed by atoms with Crippen molar-refractivity contribution in [2.45, 2.75) is 31.8 Å². The van der Waals surface area contributed by atoms with Gasteiger partial charge in [0.05, 0.1) is 12.6 Å². The van der Waals surface area contributed by atoms with Crippen LogP contribution in [0.2, 0.25) is 0 Å². The molecule has 1 aliphatic rings. The van der Waals surface area contributed by atoms with Gasteiger partial charge in [-0.05, 0) is 36.3 Å². The van der Waals surface area contributed by atoms with Crippen LogP contribution in [0.4, 0.5) is 5.69 Å². The summed E-state index contributed by atoms with van der Waals surface area (Å²) in [7, 11) is 0. The summed E-state index contributed by atoms with van der Waals surface area (Å²) in [4.78, 5) is 2.37. The molecule has 2 aromatic rings. The summed E-state index contributed by atoms with van der Waals surface area (Å²) >= 11 is 0. The Bertz CT molecular complexity index is 597. The molecule has 3 nitrogen and oxygen atoms in total. The first kappa shape index (κ1) is 13.4. The van der Waals surface area contributed by atoms with Crippen molar-refractivity contribution in [1.82, 2.24) is 0 Å². The van der Waals surface area contributed by atoms with Crippen LogP contribution >= 0.6 is 0 Å². The van der Waals surface area contributed by atoms with E-state index in [4.69, 9.17) is 5.73 Å². The number of aliphatic hydroxyl groups is 1. The van der Waals surface area contributed by atoms with Gasteiger partial charge in [-0.25, -0.2) is 0 Å². The van der Waals surface area contributed by atoms with Gasteiger partial charge in [0.2, 0.25) is 0 Å². The minimum Gasteiger partial charge on any atom is -0.394 e. The number of benzene rings is 2. The van der Waals surface area contributed by atoms with Gasteiger partial charge >= 0.3 is 0 Å². The van der Waals surface area contributed by atoms with Crippen LogP contribution in [-0.2, 0) is 6.54 Å². The highest BCUT2D eigenvalue weighted by Crippen LogP contribution is 2.33. The van der Waals surface area contributed by atoms with Gasteiger partial charge in [0.25, 0.3) is 0 Å². The number of piperidine rings is 1. The van der Waals surface area contributed by atoms with Crippen molar-refractivity contribution in [2.24, 2.45) is 5.73 Å². The number of rotatable bonds is 3. The Hall–Kier alpha value is -1.58. The SMILES string of the molecule is NCc1ccc(N2CCCCC2CO)c2ccccc12. The third kappa shape index (κ3) is 2.28. The molecule has 0 radical (unpaired) electrons. The third-order valence-electron chi connectivity index (χ3n) is 4.36. The van der Waals surface area contributed by atoms with Crippen molar-refractivity contribution in [3.05, 3.63) is 42.0 Å². The lowest BCUT2D eigenvalue weighted by molar-refractivity contribution is 0.240. The summed E-state index contributed by atoms with van der Waals surface area (Å²) in [6.45, 7) is 1.81. The molecule has 3 N–H and O–H groups in total. The number of fused-ring (bicyclic) bond motifs is 1. The van der Waals surface area contributed by atoms with E-state index < -0.39 is 0 Å². The fourth-order valence-corrected chi connectivity index (χ4v) is 3.28. The fraction of sp³-hybridized carbons (Fsp3) is 0.412. The molecule has 106 valence electrons. The topological polar surface area (TPSA) is 49.5 Å². The van der Waals surface area contributed by atoms with Gasteiger partial charge in [-0.1, -0.05) is 30.3 Å². The molecular formula is C17H22N2O. The van der Waals surface area contributed by atoms with Crippen molar-refractivity contribution >= 4 is 16.5 Å². The van der Waals surface area contributed by atoms with E-state index in [1.165, 1.54) is 34.9 Å². The molecule has 0 aromatic heterocycles. The molecule has 1 heterocycles. The molecule has 20 heavy (non-hydrogen) atoms. The van der Waals surface area contributed by atoms with E-state index in [1.54, 1.807) is 0 Å². The summed E-state index contributed by atoms with van der Waals surface area (Å²) in [6.07, 6.45) is 3.48. The number of hydrogen-bond acceptors (Lipinski definition) is 3. The molecule has 3 heteroatoms. The van der Waals surface area contributed by atoms with E-state index in [0.29, 0.717) is 6.54 Å². The van der Waals surface area contributed by atoms with Gasteiger partial charge in [0.1, 0.15) is 0 Å². The molecule has 1 aliphatic heterocycles. The minimum absolute atomic E-state index is 0.229. The predicted octanol–water partition coefficient (Wildman–Crippen LogP) is 2.65. The Morgan fingerprint density at radius 2 is 1.90 bits per heavy atom. The lowest BCUT2D eigenvalue weighted by Gasteiger charge is -2.37. The van der Waals surface area contributed by atoms with Crippen LogP contribution in [0.5, 0.6) is 0 Å². The van der Waals surface area contributed by atoms with Crippen LogP contribution < -0.4 is 10.6 Å². The van der Waals surface area contributed by atoms with Crippen molar-refractivity contribution < 1.29 is 5.11 Å². The van der Waals surface area contributed by atoms with Crippen molar-refractivity contribution in [3.8, 4) is 0 Å². The lowest BCUT2D eigenvalue weighted by Crippen LogP contribution is -2.42. The maximum Gasteiger partial charge on any atom is 0.0635 e. The second-order valence-electron chi connectivity index (χ2n) is 5.52. The zero-order chi connectivity index (χ0) is 13.9. The molecule has 1 unspecified atom stereocenters. The standard InChI is InChI=1S/C17H22N2O/c18-11-13-8-9-17(16-7-2-1-6-15(13)16)19-10-4-3-5-14(19)12-20/h1-2,6-9,14,20H,3-5,10-12,18H2. The van der Waals surface area contributed by atoms with Gasteiger partial charge < -0.3 is 15.7 Å². The second kappa shape index (κ2) is 5.81. The van der Waals surface area contributed by atoms with Crippen molar-refractivity contribution in [2.75, 3.05) is 18.1 Å². The van der Waals surface area contributed by atoms with Gasteiger partial charge in [-0.2, -0.15) is 0 Å². The molecule has 1 saturated heterocycles. The smallest absolute Gasteiger partial charge is 0.0635 e. The normalized spacial score (nSPS) is 19.5. The maximum atomic E-state index is 9.63. The quantitative estimate of drug-likeness (QED) is 0.901. The molecule has 0 aliphatic carbocycles. The van der Waals surface area contributed by atoms with Crippen LogP contribution in [0.3, 0.4) is 0 Å². The van der Waals surface area contributed by atoms with Gasteiger partial charge in [0, 0.05) is 24.2 Å². The number of aliphatic hydroxyl groups excluding tert-OH is 1. The highest BCUT2D eigenvalue weighted by atomic mass is 16.3. The average molecular weight is 270 g/mol. The Morgan fingerprint density at radius 3 is 2.65 bits per heavy atom.